The summed E-state index contributed by atoms with van der Waals surface area (Å²) >= 11 is 11.9. The largest absolute Gasteiger partial charge is 0.375 e. The minimum atomic E-state index is -0.253. The van der Waals surface area contributed by atoms with Gasteiger partial charge >= 0.3 is 0 Å². The van der Waals surface area contributed by atoms with Gasteiger partial charge < -0.3 is 4.90 Å². The van der Waals surface area contributed by atoms with Crippen LogP contribution in [0.2, 0.25) is 10.0 Å². The molecule has 0 fully saturated rings. The highest BCUT2D eigenvalue weighted by Crippen LogP contribution is 2.30. The predicted octanol–water partition coefficient (Wildman–Crippen LogP) is 4.87. The van der Waals surface area contributed by atoms with Gasteiger partial charge in [0.1, 0.15) is 5.82 Å². The normalized spacial score (nSPS) is 10.5. The molecule has 0 aliphatic heterocycles. The SMILES string of the molecule is CN(C)c1cc(-c2cc(Cl)cc(Cl)c2)ccc1F. The zero-order valence-electron chi connectivity index (χ0n) is 10.0. The molecular weight excluding hydrogens is 272 g/mol. The van der Waals surface area contributed by atoms with Crippen LogP contribution in [-0.4, -0.2) is 14.1 Å². The summed E-state index contributed by atoms with van der Waals surface area (Å²) in [5.41, 5.74) is 2.28. The molecule has 0 unspecified atom stereocenters. The Kier molecular flexibility index (Phi) is 3.79. The lowest BCUT2D eigenvalue weighted by atomic mass is 10.0. The van der Waals surface area contributed by atoms with Crippen LogP contribution in [0, 0.1) is 5.82 Å². The molecule has 0 N–H and O–H groups in total. The highest BCUT2D eigenvalue weighted by molar-refractivity contribution is 6.35. The summed E-state index contributed by atoms with van der Waals surface area (Å²) < 4.78 is 13.6. The van der Waals surface area contributed by atoms with Gasteiger partial charge in [-0.05, 0) is 41.5 Å². The van der Waals surface area contributed by atoms with Gasteiger partial charge in [0.25, 0.3) is 0 Å². The first kappa shape index (κ1) is 13.2. The van der Waals surface area contributed by atoms with E-state index < -0.39 is 0 Å². The van der Waals surface area contributed by atoms with Crippen molar-refractivity contribution < 1.29 is 4.39 Å². The van der Waals surface area contributed by atoms with Crippen LogP contribution in [0.15, 0.2) is 36.4 Å². The number of anilines is 1. The van der Waals surface area contributed by atoms with Gasteiger partial charge in [-0.25, -0.2) is 4.39 Å². The number of rotatable bonds is 2. The Bertz CT molecular complexity index is 562. The first-order valence-electron chi connectivity index (χ1n) is 5.41. The Labute approximate surface area is 116 Å². The molecule has 0 saturated carbocycles. The number of benzene rings is 2. The molecule has 2 rings (SSSR count). The molecule has 94 valence electrons. The minimum absolute atomic E-state index is 0.253. The highest BCUT2D eigenvalue weighted by Gasteiger charge is 2.08. The molecule has 0 radical (unpaired) electrons. The van der Waals surface area contributed by atoms with Crippen molar-refractivity contribution in [3.8, 4) is 11.1 Å². The van der Waals surface area contributed by atoms with Gasteiger partial charge in [-0.15, -0.1) is 0 Å². The Hall–Kier alpha value is -1.25. The molecule has 0 spiro atoms. The van der Waals surface area contributed by atoms with Crippen LogP contribution in [0.1, 0.15) is 0 Å². The van der Waals surface area contributed by atoms with E-state index >= 15 is 0 Å². The number of halogens is 3. The third-order valence-corrected chi connectivity index (χ3v) is 3.06. The van der Waals surface area contributed by atoms with Crippen molar-refractivity contribution in [3.05, 3.63) is 52.3 Å². The molecule has 4 heteroatoms. The molecule has 0 aliphatic carbocycles. The molecule has 0 atom stereocenters. The van der Waals surface area contributed by atoms with Gasteiger partial charge in [-0.3, -0.25) is 0 Å². The first-order chi connectivity index (χ1) is 8.47. The van der Waals surface area contributed by atoms with E-state index in [9.17, 15) is 4.39 Å². The second kappa shape index (κ2) is 5.17. The quantitative estimate of drug-likeness (QED) is 0.760. The Balaban J connectivity index is 2.54. The summed E-state index contributed by atoms with van der Waals surface area (Å²) in [7, 11) is 3.60. The third kappa shape index (κ3) is 2.77. The lowest BCUT2D eigenvalue weighted by Gasteiger charge is -2.15. The average molecular weight is 284 g/mol. The van der Waals surface area contributed by atoms with Gasteiger partial charge in [-0.1, -0.05) is 29.3 Å². The van der Waals surface area contributed by atoms with Gasteiger partial charge in [0.15, 0.2) is 0 Å². The van der Waals surface area contributed by atoms with Crippen molar-refractivity contribution in [3.63, 3.8) is 0 Å². The molecule has 0 amide bonds. The Morgan fingerprint density at radius 3 is 2.06 bits per heavy atom. The average Bonchev–Trinajstić information content (AvgIpc) is 2.27. The van der Waals surface area contributed by atoms with Gasteiger partial charge in [0, 0.05) is 24.1 Å². The van der Waals surface area contributed by atoms with Crippen LogP contribution >= 0.6 is 23.2 Å². The summed E-state index contributed by atoms with van der Waals surface area (Å²) in [6.07, 6.45) is 0. The van der Waals surface area contributed by atoms with E-state index in [0.29, 0.717) is 15.7 Å². The molecule has 2 aromatic carbocycles. The van der Waals surface area contributed by atoms with Crippen molar-refractivity contribution in [2.45, 2.75) is 0 Å². The van der Waals surface area contributed by atoms with Crippen molar-refractivity contribution in [2.24, 2.45) is 0 Å². The first-order valence-corrected chi connectivity index (χ1v) is 6.16. The number of hydrogen-bond donors (Lipinski definition) is 0. The molecule has 0 aliphatic rings. The minimum Gasteiger partial charge on any atom is -0.375 e. The Morgan fingerprint density at radius 1 is 0.889 bits per heavy atom. The monoisotopic (exact) mass is 283 g/mol. The van der Waals surface area contributed by atoms with Crippen molar-refractivity contribution >= 4 is 28.9 Å². The zero-order chi connectivity index (χ0) is 13.3. The molecule has 1 nitrogen and oxygen atoms in total. The summed E-state index contributed by atoms with van der Waals surface area (Å²) in [4.78, 5) is 1.73. The topological polar surface area (TPSA) is 3.24 Å². The van der Waals surface area contributed by atoms with E-state index in [4.69, 9.17) is 23.2 Å². The second-order valence-electron chi connectivity index (χ2n) is 4.22. The third-order valence-electron chi connectivity index (χ3n) is 2.62. The second-order valence-corrected chi connectivity index (χ2v) is 5.09. The molecule has 18 heavy (non-hydrogen) atoms. The summed E-state index contributed by atoms with van der Waals surface area (Å²) in [6, 6.07) is 10.2. The van der Waals surface area contributed by atoms with Crippen LogP contribution in [0.5, 0.6) is 0 Å². The fourth-order valence-corrected chi connectivity index (χ4v) is 2.28. The summed E-state index contributed by atoms with van der Waals surface area (Å²) in [5.74, 6) is -0.253. The number of hydrogen-bond acceptors (Lipinski definition) is 1. The van der Waals surface area contributed by atoms with Crippen LogP contribution in [0.3, 0.4) is 0 Å². The van der Waals surface area contributed by atoms with Gasteiger partial charge in [0.05, 0.1) is 5.69 Å². The number of nitrogens with zero attached hydrogens (tertiary/aromatic N) is 1. The maximum absolute atomic E-state index is 13.6. The van der Waals surface area contributed by atoms with E-state index in [-0.39, 0.29) is 5.82 Å². The van der Waals surface area contributed by atoms with Gasteiger partial charge in [-0.2, -0.15) is 0 Å². The highest BCUT2D eigenvalue weighted by atomic mass is 35.5. The predicted molar refractivity (Wildman–Crippen MR) is 76.2 cm³/mol. The van der Waals surface area contributed by atoms with Crippen LogP contribution in [0.4, 0.5) is 10.1 Å². The molecular formula is C14H12Cl2FN. The summed E-state index contributed by atoms with van der Waals surface area (Å²) in [5, 5.41) is 1.13. The smallest absolute Gasteiger partial charge is 0.146 e. The molecule has 2 aromatic rings. The Morgan fingerprint density at radius 2 is 1.50 bits per heavy atom. The molecule has 0 aromatic heterocycles. The lowest BCUT2D eigenvalue weighted by Crippen LogP contribution is -2.10. The van der Waals surface area contributed by atoms with Crippen LogP contribution < -0.4 is 4.90 Å². The lowest BCUT2D eigenvalue weighted by molar-refractivity contribution is 0.626. The van der Waals surface area contributed by atoms with E-state index in [1.165, 1.54) is 6.07 Å². The van der Waals surface area contributed by atoms with Crippen molar-refractivity contribution in [1.82, 2.24) is 0 Å². The van der Waals surface area contributed by atoms with Gasteiger partial charge in [0.2, 0.25) is 0 Å². The maximum Gasteiger partial charge on any atom is 0.146 e. The van der Waals surface area contributed by atoms with E-state index in [0.717, 1.165) is 11.1 Å². The van der Waals surface area contributed by atoms with Crippen LogP contribution in [0.25, 0.3) is 11.1 Å². The van der Waals surface area contributed by atoms with E-state index in [2.05, 4.69) is 0 Å². The molecule has 0 heterocycles. The maximum atomic E-state index is 13.6. The van der Waals surface area contributed by atoms with Crippen molar-refractivity contribution in [2.75, 3.05) is 19.0 Å². The van der Waals surface area contributed by atoms with E-state index in [1.54, 1.807) is 49.3 Å². The standard InChI is InChI=1S/C14H12Cl2FN/c1-18(2)14-7-9(3-4-13(14)17)10-5-11(15)8-12(16)6-10/h3-8H,1-2H3. The molecule has 0 bridgehead atoms. The fourth-order valence-electron chi connectivity index (χ4n) is 1.76. The van der Waals surface area contributed by atoms with Crippen LogP contribution in [-0.2, 0) is 0 Å². The van der Waals surface area contributed by atoms with Crippen molar-refractivity contribution in [1.29, 1.82) is 0 Å². The molecule has 0 saturated heterocycles. The van der Waals surface area contributed by atoms with E-state index in [1.807, 2.05) is 0 Å². The zero-order valence-corrected chi connectivity index (χ0v) is 11.6. The fraction of sp³-hybridized carbons (Fsp3) is 0.143. The summed E-state index contributed by atoms with van der Waals surface area (Å²) in [6.45, 7) is 0.